The Labute approximate surface area is 93.3 Å². The molecule has 1 aromatic heterocycles. The Kier molecular flexibility index (Phi) is 1.99. The Morgan fingerprint density at radius 1 is 1.44 bits per heavy atom. The Morgan fingerprint density at radius 3 is 3.00 bits per heavy atom. The van der Waals surface area contributed by atoms with Gasteiger partial charge in [-0.2, -0.15) is 0 Å². The lowest BCUT2D eigenvalue weighted by molar-refractivity contribution is 0.155. The normalized spacial score (nSPS) is 27.5. The number of fused-ring (bicyclic) bond motifs is 1. The summed E-state index contributed by atoms with van der Waals surface area (Å²) in [5, 5.41) is 8.93. The van der Waals surface area contributed by atoms with Crippen molar-refractivity contribution in [2.45, 2.75) is 6.04 Å². The Morgan fingerprint density at radius 2 is 2.31 bits per heavy atom. The number of hydrogen-bond donors (Lipinski definition) is 1. The molecule has 84 valence electrons. The van der Waals surface area contributed by atoms with Crippen LogP contribution in [-0.2, 0) is 0 Å². The molecule has 1 amide bonds. The standard InChI is InChI=1S/C11H13N3O2/c15-11(16)13-5-8-6-14(10(8)7-13)9-2-1-3-12-4-9/h1-4,8,10H,5-7H2,(H,15,16)/t8-,10-/m1/s1. The zero-order chi connectivity index (χ0) is 11.1. The fourth-order valence-electron chi connectivity index (χ4n) is 2.61. The van der Waals surface area contributed by atoms with Crippen LogP contribution in [0.3, 0.4) is 0 Å². The Balaban J connectivity index is 1.73. The predicted molar refractivity (Wildman–Crippen MR) is 58.5 cm³/mol. The first-order valence-electron chi connectivity index (χ1n) is 5.40. The third-order valence-electron chi connectivity index (χ3n) is 3.49. The largest absolute Gasteiger partial charge is 0.465 e. The number of pyridine rings is 1. The van der Waals surface area contributed by atoms with Crippen molar-refractivity contribution in [2.24, 2.45) is 5.92 Å². The van der Waals surface area contributed by atoms with E-state index in [-0.39, 0.29) is 0 Å². The van der Waals surface area contributed by atoms with Gasteiger partial charge in [0.05, 0.1) is 17.9 Å². The average molecular weight is 219 g/mol. The van der Waals surface area contributed by atoms with E-state index in [2.05, 4.69) is 9.88 Å². The van der Waals surface area contributed by atoms with Crippen LogP contribution in [0.25, 0.3) is 0 Å². The second-order valence-corrected chi connectivity index (χ2v) is 4.38. The molecule has 1 aromatic rings. The number of carboxylic acid groups (broad SMARTS) is 1. The van der Waals surface area contributed by atoms with Gasteiger partial charge in [0.1, 0.15) is 0 Å². The van der Waals surface area contributed by atoms with Crippen molar-refractivity contribution in [1.82, 2.24) is 9.88 Å². The van der Waals surface area contributed by atoms with Crippen LogP contribution in [0.4, 0.5) is 10.5 Å². The molecule has 2 aliphatic rings. The van der Waals surface area contributed by atoms with Crippen molar-refractivity contribution in [2.75, 3.05) is 24.5 Å². The summed E-state index contributed by atoms with van der Waals surface area (Å²) in [6.45, 7) is 2.24. The highest BCUT2D eigenvalue weighted by Gasteiger charge is 2.47. The highest BCUT2D eigenvalue weighted by Crippen LogP contribution is 2.35. The van der Waals surface area contributed by atoms with Gasteiger partial charge in [-0.05, 0) is 12.1 Å². The smallest absolute Gasteiger partial charge is 0.407 e. The van der Waals surface area contributed by atoms with Crippen molar-refractivity contribution in [3.8, 4) is 0 Å². The highest BCUT2D eigenvalue weighted by atomic mass is 16.4. The van der Waals surface area contributed by atoms with Gasteiger partial charge in [-0.25, -0.2) is 4.79 Å². The summed E-state index contributed by atoms with van der Waals surface area (Å²) < 4.78 is 0. The lowest BCUT2D eigenvalue weighted by atomic mass is 9.91. The number of aromatic nitrogens is 1. The molecule has 0 aromatic carbocycles. The SMILES string of the molecule is O=C(O)N1C[C@@H]2CN(c3cccnc3)[C@@H]2C1. The van der Waals surface area contributed by atoms with E-state index in [1.807, 2.05) is 18.3 Å². The first-order chi connectivity index (χ1) is 7.75. The number of amides is 1. The molecule has 5 heteroatoms. The molecule has 0 unspecified atom stereocenters. The van der Waals surface area contributed by atoms with Crippen molar-refractivity contribution < 1.29 is 9.90 Å². The van der Waals surface area contributed by atoms with E-state index in [0.717, 1.165) is 12.2 Å². The summed E-state index contributed by atoms with van der Waals surface area (Å²) in [6, 6.07) is 4.28. The van der Waals surface area contributed by atoms with Gasteiger partial charge in [-0.15, -0.1) is 0 Å². The molecule has 0 aliphatic carbocycles. The average Bonchev–Trinajstić information content (AvgIpc) is 2.59. The number of rotatable bonds is 1. The molecular formula is C11H13N3O2. The van der Waals surface area contributed by atoms with Crippen LogP contribution in [0.1, 0.15) is 0 Å². The van der Waals surface area contributed by atoms with Gasteiger partial charge in [0, 0.05) is 31.7 Å². The van der Waals surface area contributed by atoms with Crippen molar-refractivity contribution in [3.63, 3.8) is 0 Å². The van der Waals surface area contributed by atoms with E-state index in [9.17, 15) is 4.79 Å². The van der Waals surface area contributed by atoms with Gasteiger partial charge in [0.25, 0.3) is 0 Å². The first kappa shape index (κ1) is 9.45. The maximum absolute atomic E-state index is 10.9. The molecule has 2 aliphatic heterocycles. The monoisotopic (exact) mass is 219 g/mol. The molecule has 2 fully saturated rings. The van der Waals surface area contributed by atoms with Gasteiger partial charge in [-0.3, -0.25) is 4.98 Å². The van der Waals surface area contributed by atoms with Crippen LogP contribution in [0.15, 0.2) is 24.5 Å². The van der Waals surface area contributed by atoms with Gasteiger partial charge in [0.2, 0.25) is 0 Å². The number of carbonyl (C=O) groups is 1. The summed E-state index contributed by atoms with van der Waals surface area (Å²) in [5.74, 6) is 0.497. The lowest BCUT2D eigenvalue weighted by Crippen LogP contribution is -2.55. The number of anilines is 1. The maximum Gasteiger partial charge on any atom is 0.407 e. The molecule has 16 heavy (non-hydrogen) atoms. The van der Waals surface area contributed by atoms with Crippen molar-refractivity contribution >= 4 is 11.8 Å². The quantitative estimate of drug-likeness (QED) is 0.761. The van der Waals surface area contributed by atoms with E-state index in [1.165, 1.54) is 4.90 Å². The maximum atomic E-state index is 10.9. The van der Waals surface area contributed by atoms with Gasteiger partial charge in [0.15, 0.2) is 0 Å². The fraction of sp³-hybridized carbons (Fsp3) is 0.455. The molecule has 0 saturated carbocycles. The number of nitrogens with zero attached hydrogens (tertiary/aromatic N) is 3. The molecule has 3 heterocycles. The minimum absolute atomic E-state index is 0.347. The number of hydrogen-bond acceptors (Lipinski definition) is 3. The molecule has 5 nitrogen and oxygen atoms in total. The van der Waals surface area contributed by atoms with Gasteiger partial charge < -0.3 is 14.9 Å². The zero-order valence-electron chi connectivity index (χ0n) is 8.78. The molecule has 2 saturated heterocycles. The summed E-state index contributed by atoms with van der Waals surface area (Å²) in [4.78, 5) is 18.7. The van der Waals surface area contributed by atoms with Crippen LogP contribution in [-0.4, -0.2) is 46.8 Å². The van der Waals surface area contributed by atoms with Gasteiger partial charge >= 0.3 is 6.09 Å². The van der Waals surface area contributed by atoms with Crippen molar-refractivity contribution in [3.05, 3.63) is 24.5 Å². The third kappa shape index (κ3) is 1.31. The van der Waals surface area contributed by atoms with Crippen LogP contribution in [0, 0.1) is 5.92 Å². The molecule has 0 bridgehead atoms. The lowest BCUT2D eigenvalue weighted by Gasteiger charge is -2.44. The van der Waals surface area contributed by atoms with E-state index >= 15 is 0 Å². The van der Waals surface area contributed by atoms with E-state index in [0.29, 0.717) is 25.0 Å². The second kappa shape index (κ2) is 3.37. The van der Waals surface area contributed by atoms with Crippen molar-refractivity contribution in [1.29, 1.82) is 0 Å². The van der Waals surface area contributed by atoms with Gasteiger partial charge in [-0.1, -0.05) is 0 Å². The van der Waals surface area contributed by atoms with Crippen LogP contribution in [0.2, 0.25) is 0 Å². The summed E-state index contributed by atoms with van der Waals surface area (Å²) in [5.41, 5.74) is 1.09. The summed E-state index contributed by atoms with van der Waals surface area (Å²) in [6.07, 6.45) is 2.78. The minimum atomic E-state index is -0.805. The molecule has 3 rings (SSSR count). The van der Waals surface area contributed by atoms with Crippen LogP contribution < -0.4 is 4.90 Å². The third-order valence-corrected chi connectivity index (χ3v) is 3.49. The van der Waals surface area contributed by atoms with E-state index in [1.54, 1.807) is 6.20 Å². The molecule has 0 radical (unpaired) electrons. The summed E-state index contributed by atoms with van der Waals surface area (Å²) in [7, 11) is 0. The second-order valence-electron chi connectivity index (χ2n) is 4.38. The van der Waals surface area contributed by atoms with E-state index < -0.39 is 6.09 Å². The Bertz CT molecular complexity index is 409. The van der Waals surface area contributed by atoms with E-state index in [4.69, 9.17) is 5.11 Å². The topological polar surface area (TPSA) is 56.7 Å². The molecular weight excluding hydrogens is 206 g/mol. The first-order valence-corrected chi connectivity index (χ1v) is 5.40. The highest BCUT2D eigenvalue weighted by molar-refractivity contribution is 5.66. The zero-order valence-corrected chi connectivity index (χ0v) is 8.78. The fourth-order valence-corrected chi connectivity index (χ4v) is 2.61. The van der Waals surface area contributed by atoms with Crippen LogP contribution >= 0.6 is 0 Å². The molecule has 0 spiro atoms. The summed E-state index contributed by atoms with van der Waals surface area (Å²) >= 11 is 0. The molecule has 1 N–H and O–H groups in total. The predicted octanol–water partition coefficient (Wildman–Crippen LogP) is 0.880. The number of likely N-dealkylation sites (tertiary alicyclic amines) is 1. The van der Waals surface area contributed by atoms with Crippen LogP contribution in [0.5, 0.6) is 0 Å². The molecule has 2 atom stereocenters. The Hall–Kier alpha value is -1.78. The minimum Gasteiger partial charge on any atom is -0.465 e.